The van der Waals surface area contributed by atoms with Crippen molar-refractivity contribution in [2.75, 3.05) is 5.32 Å². The van der Waals surface area contributed by atoms with Gasteiger partial charge in [0, 0.05) is 23.0 Å². The lowest BCUT2D eigenvalue weighted by Gasteiger charge is -2.22. The van der Waals surface area contributed by atoms with Crippen molar-refractivity contribution in [3.05, 3.63) is 89.6 Å². The van der Waals surface area contributed by atoms with Crippen molar-refractivity contribution < 1.29 is 0 Å². The molecule has 0 amide bonds. The zero-order valence-corrected chi connectivity index (χ0v) is 12.5. The summed E-state index contributed by atoms with van der Waals surface area (Å²) in [7, 11) is 0. The minimum atomic E-state index is 1.00. The second kappa shape index (κ2) is 5.10. The highest BCUT2D eigenvalue weighted by atomic mass is 14.9. The van der Waals surface area contributed by atoms with Crippen molar-refractivity contribution in [1.82, 2.24) is 0 Å². The van der Waals surface area contributed by atoms with Crippen LogP contribution < -0.4 is 5.32 Å². The molecule has 0 unspecified atom stereocenters. The molecule has 1 N–H and O–H groups in total. The van der Waals surface area contributed by atoms with Gasteiger partial charge in [-0.05, 0) is 47.8 Å². The third kappa shape index (κ3) is 2.31. The van der Waals surface area contributed by atoms with Gasteiger partial charge in [0.2, 0.25) is 0 Å². The molecule has 0 aliphatic carbocycles. The van der Waals surface area contributed by atoms with Crippen molar-refractivity contribution in [3.63, 3.8) is 0 Å². The van der Waals surface area contributed by atoms with Gasteiger partial charge >= 0.3 is 0 Å². The second-order valence-corrected chi connectivity index (χ2v) is 5.50. The van der Waals surface area contributed by atoms with Crippen LogP contribution in [0.5, 0.6) is 0 Å². The molecule has 0 aromatic heterocycles. The predicted molar refractivity (Wildman–Crippen MR) is 92.1 cm³/mol. The number of benzene rings is 2. The van der Waals surface area contributed by atoms with Gasteiger partial charge in [-0.25, -0.2) is 0 Å². The van der Waals surface area contributed by atoms with Gasteiger partial charge in [-0.2, -0.15) is 0 Å². The van der Waals surface area contributed by atoms with E-state index in [9.17, 15) is 0 Å². The van der Waals surface area contributed by atoms with Crippen LogP contribution >= 0.6 is 0 Å². The van der Waals surface area contributed by atoms with E-state index in [1.807, 2.05) is 18.3 Å². The Bertz CT molecular complexity index is 778. The average molecular weight is 273 g/mol. The first-order valence-corrected chi connectivity index (χ1v) is 7.10. The molecule has 1 nitrogen and oxygen atoms in total. The zero-order valence-electron chi connectivity index (χ0n) is 12.5. The molecule has 1 heteroatoms. The Morgan fingerprint density at radius 3 is 2.52 bits per heavy atom. The monoisotopic (exact) mass is 273 g/mol. The van der Waals surface area contributed by atoms with E-state index >= 15 is 0 Å². The molecule has 1 heterocycles. The van der Waals surface area contributed by atoms with Gasteiger partial charge in [0.1, 0.15) is 0 Å². The summed E-state index contributed by atoms with van der Waals surface area (Å²) in [4.78, 5) is 0. The first kappa shape index (κ1) is 13.4. The van der Waals surface area contributed by atoms with Crippen LogP contribution in [-0.4, -0.2) is 0 Å². The largest absolute Gasteiger partial charge is 0.361 e. The maximum atomic E-state index is 4.27. The summed E-state index contributed by atoms with van der Waals surface area (Å²) in [5.74, 6) is 0. The van der Waals surface area contributed by atoms with E-state index in [-0.39, 0.29) is 0 Å². The standard InChI is InChI=1S/C20H19N/c1-13-9-10-17(11-14(13)2)15(3)19-12-21-20-8-6-5-7-18(20)16(19)4/h5-12,21H,3-4H2,1-2H3. The third-order valence-electron chi connectivity index (χ3n) is 4.13. The minimum Gasteiger partial charge on any atom is -0.361 e. The van der Waals surface area contributed by atoms with Crippen LogP contribution in [0.15, 0.2) is 67.4 Å². The van der Waals surface area contributed by atoms with Crippen molar-refractivity contribution in [3.8, 4) is 0 Å². The molecule has 0 radical (unpaired) electrons. The SMILES string of the molecule is C=C(C1=CNc2ccccc2C1=C)c1ccc(C)c(C)c1. The number of hydrogen-bond acceptors (Lipinski definition) is 1. The molecule has 0 atom stereocenters. The molecule has 0 bridgehead atoms. The number of para-hydroxylation sites is 1. The molecule has 1 aliphatic rings. The second-order valence-electron chi connectivity index (χ2n) is 5.50. The molecule has 0 saturated heterocycles. The summed E-state index contributed by atoms with van der Waals surface area (Å²) in [6.45, 7) is 12.8. The molecule has 0 spiro atoms. The molecular formula is C20H19N. The van der Waals surface area contributed by atoms with Crippen LogP contribution in [0.2, 0.25) is 0 Å². The van der Waals surface area contributed by atoms with E-state index < -0.39 is 0 Å². The van der Waals surface area contributed by atoms with E-state index in [0.29, 0.717) is 0 Å². The highest BCUT2D eigenvalue weighted by Crippen LogP contribution is 2.38. The first-order chi connectivity index (χ1) is 10.1. The lowest BCUT2D eigenvalue weighted by Crippen LogP contribution is -2.05. The van der Waals surface area contributed by atoms with E-state index in [1.165, 1.54) is 11.1 Å². The van der Waals surface area contributed by atoms with Gasteiger partial charge < -0.3 is 5.32 Å². The highest BCUT2D eigenvalue weighted by Gasteiger charge is 2.17. The Labute approximate surface area is 126 Å². The number of nitrogens with one attached hydrogen (secondary N) is 1. The van der Waals surface area contributed by atoms with Gasteiger partial charge in [-0.1, -0.05) is 49.6 Å². The molecule has 0 fully saturated rings. The van der Waals surface area contributed by atoms with Crippen molar-refractivity contribution >= 4 is 16.8 Å². The molecule has 1 aliphatic heterocycles. The van der Waals surface area contributed by atoms with Crippen LogP contribution in [0.4, 0.5) is 5.69 Å². The molecular weight excluding hydrogens is 254 g/mol. The van der Waals surface area contributed by atoms with Crippen LogP contribution in [-0.2, 0) is 0 Å². The Morgan fingerprint density at radius 2 is 1.76 bits per heavy atom. The van der Waals surface area contributed by atoms with Gasteiger partial charge in [0.25, 0.3) is 0 Å². The Hall–Kier alpha value is -2.54. The maximum Gasteiger partial charge on any atom is 0.0459 e. The summed E-state index contributed by atoms with van der Waals surface area (Å²) < 4.78 is 0. The molecule has 104 valence electrons. The number of rotatable bonds is 2. The van der Waals surface area contributed by atoms with Crippen molar-refractivity contribution in [2.24, 2.45) is 0 Å². The quantitative estimate of drug-likeness (QED) is 0.778. The fraction of sp³-hybridized carbons (Fsp3) is 0.100. The topological polar surface area (TPSA) is 12.0 Å². The number of allylic oxidation sites excluding steroid dienone is 3. The smallest absolute Gasteiger partial charge is 0.0459 e. The fourth-order valence-electron chi connectivity index (χ4n) is 2.61. The summed E-state index contributed by atoms with van der Waals surface area (Å²) in [5, 5.41) is 3.34. The summed E-state index contributed by atoms with van der Waals surface area (Å²) in [6.07, 6.45) is 2.00. The Balaban J connectivity index is 1.98. The maximum absolute atomic E-state index is 4.27. The molecule has 0 saturated carbocycles. The summed E-state index contributed by atoms with van der Waals surface area (Å²) in [6, 6.07) is 14.7. The van der Waals surface area contributed by atoms with E-state index in [4.69, 9.17) is 0 Å². The van der Waals surface area contributed by atoms with E-state index in [2.05, 4.69) is 62.7 Å². The minimum absolute atomic E-state index is 1.00. The fourth-order valence-corrected chi connectivity index (χ4v) is 2.61. The summed E-state index contributed by atoms with van der Waals surface area (Å²) >= 11 is 0. The average Bonchev–Trinajstić information content (AvgIpc) is 2.50. The van der Waals surface area contributed by atoms with Crippen LogP contribution in [0.25, 0.3) is 11.1 Å². The van der Waals surface area contributed by atoms with Gasteiger partial charge in [-0.15, -0.1) is 0 Å². The normalized spacial score (nSPS) is 13.2. The van der Waals surface area contributed by atoms with Gasteiger partial charge in [-0.3, -0.25) is 0 Å². The van der Waals surface area contributed by atoms with Crippen LogP contribution in [0.3, 0.4) is 0 Å². The van der Waals surface area contributed by atoms with E-state index in [0.717, 1.165) is 33.5 Å². The van der Waals surface area contributed by atoms with Crippen molar-refractivity contribution in [2.45, 2.75) is 13.8 Å². The molecule has 3 rings (SSSR count). The molecule has 2 aromatic carbocycles. The lowest BCUT2D eigenvalue weighted by atomic mass is 9.87. The highest BCUT2D eigenvalue weighted by molar-refractivity contribution is 6.01. The van der Waals surface area contributed by atoms with Crippen LogP contribution in [0.1, 0.15) is 22.3 Å². The number of hydrogen-bond donors (Lipinski definition) is 1. The lowest BCUT2D eigenvalue weighted by molar-refractivity contribution is 1.33. The van der Waals surface area contributed by atoms with Crippen LogP contribution in [0, 0.1) is 13.8 Å². The number of fused-ring (bicyclic) bond motifs is 1. The molecule has 21 heavy (non-hydrogen) atoms. The predicted octanol–water partition coefficient (Wildman–Crippen LogP) is 5.34. The van der Waals surface area contributed by atoms with E-state index in [1.54, 1.807) is 0 Å². The summed E-state index contributed by atoms with van der Waals surface area (Å²) in [5.41, 5.74) is 9.05. The van der Waals surface area contributed by atoms with Gasteiger partial charge in [0.15, 0.2) is 0 Å². The molecule has 2 aromatic rings. The van der Waals surface area contributed by atoms with Gasteiger partial charge in [0.05, 0.1) is 0 Å². The Kier molecular flexibility index (Phi) is 3.26. The Morgan fingerprint density at radius 1 is 1.00 bits per heavy atom. The van der Waals surface area contributed by atoms with Crippen molar-refractivity contribution in [1.29, 1.82) is 0 Å². The first-order valence-electron chi connectivity index (χ1n) is 7.10. The number of aryl methyl sites for hydroxylation is 2. The zero-order chi connectivity index (χ0) is 15.0. The third-order valence-corrected chi connectivity index (χ3v) is 4.13. The number of anilines is 1.